The van der Waals surface area contributed by atoms with Gasteiger partial charge in [-0.1, -0.05) is 28.1 Å². The van der Waals surface area contributed by atoms with Crippen molar-refractivity contribution >= 4 is 27.3 Å². The SMILES string of the molecule is Cc1nc(CC(C)(N)c2ccc(Br)cc2)cs1. The molecule has 0 bridgehead atoms. The van der Waals surface area contributed by atoms with Gasteiger partial charge in [0.05, 0.1) is 10.7 Å². The van der Waals surface area contributed by atoms with Crippen molar-refractivity contribution in [1.29, 1.82) is 0 Å². The lowest BCUT2D eigenvalue weighted by atomic mass is 9.89. The van der Waals surface area contributed by atoms with Crippen LogP contribution in [0.4, 0.5) is 0 Å². The van der Waals surface area contributed by atoms with Gasteiger partial charge in [-0.05, 0) is 31.5 Å². The molecule has 1 aromatic heterocycles. The molecule has 1 unspecified atom stereocenters. The first-order chi connectivity index (χ1) is 7.97. The summed E-state index contributed by atoms with van der Waals surface area (Å²) in [6.07, 6.45) is 0.763. The Labute approximate surface area is 114 Å². The Bertz CT molecular complexity index is 502. The molecule has 2 rings (SSSR count). The van der Waals surface area contributed by atoms with Crippen LogP contribution >= 0.6 is 27.3 Å². The van der Waals surface area contributed by atoms with Crippen molar-refractivity contribution < 1.29 is 0 Å². The number of halogens is 1. The number of nitrogens with zero attached hydrogens (tertiary/aromatic N) is 1. The average Bonchev–Trinajstić information content (AvgIpc) is 2.63. The van der Waals surface area contributed by atoms with Gasteiger partial charge >= 0.3 is 0 Å². The lowest BCUT2D eigenvalue weighted by Crippen LogP contribution is -2.35. The van der Waals surface area contributed by atoms with Crippen LogP contribution in [-0.2, 0) is 12.0 Å². The molecule has 2 N–H and O–H groups in total. The van der Waals surface area contributed by atoms with Crippen molar-refractivity contribution in [3.05, 3.63) is 50.4 Å². The van der Waals surface area contributed by atoms with Crippen molar-refractivity contribution in [2.75, 3.05) is 0 Å². The van der Waals surface area contributed by atoms with E-state index in [0.717, 1.165) is 27.2 Å². The average molecular weight is 311 g/mol. The van der Waals surface area contributed by atoms with Crippen LogP contribution in [0.2, 0.25) is 0 Å². The zero-order valence-corrected chi connectivity index (χ0v) is 12.3. The van der Waals surface area contributed by atoms with E-state index in [1.165, 1.54) is 0 Å². The topological polar surface area (TPSA) is 38.9 Å². The molecule has 2 nitrogen and oxygen atoms in total. The second-order valence-corrected chi connectivity index (χ2v) is 6.44. The summed E-state index contributed by atoms with van der Waals surface area (Å²) in [5.74, 6) is 0. The van der Waals surface area contributed by atoms with Crippen molar-refractivity contribution in [1.82, 2.24) is 4.98 Å². The number of aryl methyl sites for hydroxylation is 1. The molecular weight excluding hydrogens is 296 g/mol. The normalized spacial score (nSPS) is 14.6. The zero-order chi connectivity index (χ0) is 12.5. The maximum Gasteiger partial charge on any atom is 0.0897 e. The summed E-state index contributed by atoms with van der Waals surface area (Å²) in [4.78, 5) is 4.47. The largest absolute Gasteiger partial charge is 0.321 e. The Kier molecular flexibility index (Phi) is 3.66. The highest BCUT2D eigenvalue weighted by molar-refractivity contribution is 9.10. The van der Waals surface area contributed by atoms with Gasteiger partial charge in [0.2, 0.25) is 0 Å². The predicted molar refractivity (Wildman–Crippen MR) is 76.2 cm³/mol. The second-order valence-electron chi connectivity index (χ2n) is 4.46. The Morgan fingerprint density at radius 3 is 2.53 bits per heavy atom. The van der Waals surface area contributed by atoms with E-state index in [0.29, 0.717) is 0 Å². The van der Waals surface area contributed by atoms with E-state index in [9.17, 15) is 0 Å². The Balaban J connectivity index is 2.21. The van der Waals surface area contributed by atoms with Crippen LogP contribution in [0.15, 0.2) is 34.1 Å². The smallest absolute Gasteiger partial charge is 0.0897 e. The fourth-order valence-electron chi connectivity index (χ4n) is 1.80. The van der Waals surface area contributed by atoms with Crippen LogP contribution < -0.4 is 5.73 Å². The third-order valence-corrected chi connectivity index (χ3v) is 4.07. The Morgan fingerprint density at radius 2 is 2.00 bits per heavy atom. The fraction of sp³-hybridized carbons (Fsp3) is 0.308. The summed E-state index contributed by atoms with van der Waals surface area (Å²) < 4.78 is 1.07. The minimum Gasteiger partial charge on any atom is -0.321 e. The maximum absolute atomic E-state index is 6.38. The number of aromatic nitrogens is 1. The number of nitrogens with two attached hydrogens (primary N) is 1. The number of thiazole rings is 1. The van der Waals surface area contributed by atoms with Crippen LogP contribution in [0.25, 0.3) is 0 Å². The van der Waals surface area contributed by atoms with E-state index in [4.69, 9.17) is 5.73 Å². The van der Waals surface area contributed by atoms with Crippen LogP contribution in [0, 0.1) is 6.92 Å². The molecule has 90 valence electrons. The van der Waals surface area contributed by atoms with Crippen molar-refractivity contribution in [2.45, 2.75) is 25.8 Å². The molecule has 0 saturated heterocycles. The lowest BCUT2D eigenvalue weighted by molar-refractivity contribution is 0.486. The number of hydrogen-bond donors (Lipinski definition) is 1. The Hall–Kier alpha value is -0.710. The molecule has 17 heavy (non-hydrogen) atoms. The molecule has 0 aliphatic rings. The summed E-state index contributed by atoms with van der Waals surface area (Å²) in [5.41, 5.74) is 8.21. The zero-order valence-electron chi connectivity index (χ0n) is 9.90. The molecule has 0 radical (unpaired) electrons. The summed E-state index contributed by atoms with van der Waals surface area (Å²) in [5, 5.41) is 3.17. The maximum atomic E-state index is 6.38. The van der Waals surface area contributed by atoms with E-state index in [-0.39, 0.29) is 5.54 Å². The second kappa shape index (κ2) is 4.88. The summed E-state index contributed by atoms with van der Waals surface area (Å²) in [6, 6.07) is 8.16. The predicted octanol–water partition coefficient (Wildman–Crippen LogP) is 3.63. The van der Waals surface area contributed by atoms with Gasteiger partial charge in [-0.25, -0.2) is 4.98 Å². The molecule has 1 aromatic carbocycles. The Morgan fingerprint density at radius 1 is 1.35 bits per heavy atom. The number of rotatable bonds is 3. The molecular formula is C13H15BrN2S. The van der Waals surface area contributed by atoms with Gasteiger partial charge in [0.25, 0.3) is 0 Å². The quantitative estimate of drug-likeness (QED) is 0.940. The summed E-state index contributed by atoms with van der Waals surface area (Å²) in [6.45, 7) is 4.06. The van der Waals surface area contributed by atoms with E-state index < -0.39 is 0 Å². The molecule has 0 saturated carbocycles. The van der Waals surface area contributed by atoms with E-state index in [2.05, 4.69) is 38.4 Å². The van der Waals surface area contributed by atoms with Gasteiger partial charge in [0, 0.05) is 21.8 Å². The van der Waals surface area contributed by atoms with Crippen LogP contribution in [0.1, 0.15) is 23.2 Å². The van der Waals surface area contributed by atoms with E-state index in [1.54, 1.807) is 11.3 Å². The van der Waals surface area contributed by atoms with Crippen LogP contribution in [0.3, 0.4) is 0 Å². The van der Waals surface area contributed by atoms with Crippen LogP contribution in [0.5, 0.6) is 0 Å². The van der Waals surface area contributed by atoms with Crippen molar-refractivity contribution in [3.63, 3.8) is 0 Å². The molecule has 1 atom stereocenters. The van der Waals surface area contributed by atoms with Gasteiger partial charge in [-0.2, -0.15) is 0 Å². The monoisotopic (exact) mass is 310 g/mol. The lowest BCUT2D eigenvalue weighted by Gasteiger charge is -2.24. The highest BCUT2D eigenvalue weighted by Gasteiger charge is 2.22. The number of hydrogen-bond acceptors (Lipinski definition) is 3. The third-order valence-electron chi connectivity index (χ3n) is 2.72. The standard InChI is InChI=1S/C13H15BrN2S/c1-9-16-12(8-17-9)7-13(2,15)10-3-5-11(14)6-4-10/h3-6,8H,7,15H2,1-2H3. The van der Waals surface area contributed by atoms with Crippen molar-refractivity contribution in [2.24, 2.45) is 5.73 Å². The van der Waals surface area contributed by atoms with Gasteiger partial charge in [0.1, 0.15) is 0 Å². The molecule has 1 heterocycles. The molecule has 2 aromatic rings. The molecule has 0 fully saturated rings. The van der Waals surface area contributed by atoms with Gasteiger partial charge in [-0.3, -0.25) is 0 Å². The molecule has 4 heteroatoms. The summed E-state index contributed by atoms with van der Waals surface area (Å²) in [7, 11) is 0. The summed E-state index contributed by atoms with van der Waals surface area (Å²) >= 11 is 5.10. The minimum atomic E-state index is -0.374. The fourth-order valence-corrected chi connectivity index (χ4v) is 2.68. The van der Waals surface area contributed by atoms with Gasteiger partial charge in [0.15, 0.2) is 0 Å². The minimum absolute atomic E-state index is 0.374. The van der Waals surface area contributed by atoms with Gasteiger partial charge < -0.3 is 5.73 Å². The van der Waals surface area contributed by atoms with E-state index in [1.807, 2.05) is 26.0 Å². The van der Waals surface area contributed by atoms with Crippen LogP contribution in [-0.4, -0.2) is 4.98 Å². The highest BCUT2D eigenvalue weighted by Crippen LogP contribution is 2.24. The molecule has 0 spiro atoms. The molecule has 0 aliphatic carbocycles. The molecule has 0 amide bonds. The van der Waals surface area contributed by atoms with Crippen molar-refractivity contribution in [3.8, 4) is 0 Å². The third kappa shape index (κ3) is 3.15. The highest BCUT2D eigenvalue weighted by atomic mass is 79.9. The van der Waals surface area contributed by atoms with Gasteiger partial charge in [-0.15, -0.1) is 11.3 Å². The molecule has 0 aliphatic heterocycles. The first-order valence-electron chi connectivity index (χ1n) is 5.43. The number of benzene rings is 1. The van der Waals surface area contributed by atoms with E-state index >= 15 is 0 Å². The first-order valence-corrected chi connectivity index (χ1v) is 7.10. The first kappa shape index (κ1) is 12.7.